The summed E-state index contributed by atoms with van der Waals surface area (Å²) < 4.78 is 0. The fourth-order valence-corrected chi connectivity index (χ4v) is 1.96. The van der Waals surface area contributed by atoms with Crippen molar-refractivity contribution in [1.29, 1.82) is 0 Å². The molecule has 0 aliphatic rings. The van der Waals surface area contributed by atoms with E-state index in [1.54, 1.807) is 4.90 Å². The fraction of sp³-hybridized carbons (Fsp3) is 0.500. The van der Waals surface area contributed by atoms with Crippen molar-refractivity contribution < 1.29 is 14.7 Å². The Morgan fingerprint density at radius 1 is 1.20 bits per heavy atom. The first-order valence-electron chi connectivity index (χ1n) is 6.90. The van der Waals surface area contributed by atoms with Crippen molar-refractivity contribution in [3.8, 4) is 0 Å². The highest BCUT2D eigenvalue weighted by molar-refractivity contribution is 5.94. The monoisotopic (exact) mass is 277 g/mol. The summed E-state index contributed by atoms with van der Waals surface area (Å²) >= 11 is 0. The number of benzene rings is 1. The van der Waals surface area contributed by atoms with E-state index in [2.05, 4.69) is 0 Å². The first-order chi connectivity index (χ1) is 9.31. The van der Waals surface area contributed by atoms with Gasteiger partial charge in [-0.1, -0.05) is 19.9 Å². The summed E-state index contributed by atoms with van der Waals surface area (Å²) in [5, 5.41) is 8.83. The van der Waals surface area contributed by atoms with Crippen molar-refractivity contribution in [2.75, 3.05) is 11.4 Å². The maximum Gasteiger partial charge on any atom is 0.305 e. The third kappa shape index (κ3) is 4.68. The first-order valence-corrected chi connectivity index (χ1v) is 6.90. The summed E-state index contributed by atoms with van der Waals surface area (Å²) in [5.41, 5.74) is 3.03. The number of carboxylic acid groups (broad SMARTS) is 1. The largest absolute Gasteiger partial charge is 0.481 e. The molecule has 0 heterocycles. The topological polar surface area (TPSA) is 57.6 Å². The van der Waals surface area contributed by atoms with Crippen LogP contribution in [0.4, 0.5) is 5.69 Å². The lowest BCUT2D eigenvalue weighted by Crippen LogP contribution is -2.33. The number of anilines is 1. The van der Waals surface area contributed by atoms with Crippen molar-refractivity contribution >= 4 is 17.6 Å². The van der Waals surface area contributed by atoms with Crippen molar-refractivity contribution in [3.05, 3.63) is 29.3 Å². The molecule has 4 heteroatoms. The van der Waals surface area contributed by atoms with Gasteiger partial charge in [0.1, 0.15) is 0 Å². The lowest BCUT2D eigenvalue weighted by Gasteiger charge is -2.24. The van der Waals surface area contributed by atoms with E-state index in [1.807, 2.05) is 45.9 Å². The zero-order valence-electron chi connectivity index (χ0n) is 12.6. The standard InChI is InChI=1S/C16H23NO3/c1-11(2)9-15(18)17(8-7-16(19)20)14-6-5-12(3)13(4)10-14/h5-6,10-11H,7-9H2,1-4H3,(H,19,20). The molecule has 4 nitrogen and oxygen atoms in total. The minimum Gasteiger partial charge on any atom is -0.481 e. The molecule has 1 N–H and O–H groups in total. The molecule has 0 aliphatic carbocycles. The van der Waals surface area contributed by atoms with Crippen LogP contribution in [0.3, 0.4) is 0 Å². The van der Waals surface area contributed by atoms with Gasteiger partial charge in [-0.3, -0.25) is 9.59 Å². The molecule has 110 valence electrons. The molecular formula is C16H23NO3. The fourth-order valence-electron chi connectivity index (χ4n) is 1.96. The molecule has 0 unspecified atom stereocenters. The Balaban J connectivity index is 2.98. The van der Waals surface area contributed by atoms with Crippen LogP contribution in [0.25, 0.3) is 0 Å². The normalized spacial score (nSPS) is 10.7. The van der Waals surface area contributed by atoms with E-state index in [0.717, 1.165) is 16.8 Å². The number of hydrogen-bond donors (Lipinski definition) is 1. The number of hydrogen-bond acceptors (Lipinski definition) is 2. The summed E-state index contributed by atoms with van der Waals surface area (Å²) in [7, 11) is 0. The summed E-state index contributed by atoms with van der Waals surface area (Å²) in [6, 6.07) is 5.78. The minimum absolute atomic E-state index is 0.0236. The predicted molar refractivity (Wildman–Crippen MR) is 80.0 cm³/mol. The molecule has 0 aliphatic heterocycles. The van der Waals surface area contributed by atoms with Crippen LogP contribution in [0.2, 0.25) is 0 Å². The second kappa shape index (κ2) is 7.08. The Morgan fingerprint density at radius 2 is 1.85 bits per heavy atom. The number of rotatable bonds is 6. The van der Waals surface area contributed by atoms with Gasteiger partial charge in [0.05, 0.1) is 6.42 Å². The molecule has 1 aromatic rings. The van der Waals surface area contributed by atoms with E-state index < -0.39 is 5.97 Å². The third-order valence-corrected chi connectivity index (χ3v) is 3.24. The molecule has 0 aromatic heterocycles. The first kappa shape index (κ1) is 16.2. The maximum atomic E-state index is 12.3. The Bertz CT molecular complexity index is 494. The second-order valence-electron chi connectivity index (χ2n) is 5.56. The van der Waals surface area contributed by atoms with Gasteiger partial charge in [0.15, 0.2) is 0 Å². The van der Waals surface area contributed by atoms with Gasteiger partial charge < -0.3 is 10.0 Å². The third-order valence-electron chi connectivity index (χ3n) is 3.24. The Morgan fingerprint density at radius 3 is 2.35 bits per heavy atom. The summed E-state index contributed by atoms with van der Waals surface area (Å²) in [6.45, 7) is 8.17. The molecule has 1 aromatic carbocycles. The van der Waals surface area contributed by atoms with Crippen LogP contribution < -0.4 is 4.90 Å². The number of carboxylic acids is 1. The minimum atomic E-state index is -0.892. The van der Waals surface area contributed by atoms with Gasteiger partial charge in [-0.15, -0.1) is 0 Å². The van der Waals surface area contributed by atoms with E-state index in [-0.39, 0.29) is 24.8 Å². The number of aryl methyl sites for hydroxylation is 2. The average Bonchev–Trinajstić information content (AvgIpc) is 2.32. The van der Waals surface area contributed by atoms with Crippen molar-refractivity contribution in [2.45, 2.75) is 40.5 Å². The van der Waals surface area contributed by atoms with E-state index in [9.17, 15) is 9.59 Å². The average molecular weight is 277 g/mol. The van der Waals surface area contributed by atoms with Crippen LogP contribution in [0.1, 0.15) is 37.8 Å². The van der Waals surface area contributed by atoms with Crippen LogP contribution in [-0.4, -0.2) is 23.5 Å². The lowest BCUT2D eigenvalue weighted by molar-refractivity contribution is -0.136. The number of aliphatic carboxylic acids is 1. The molecule has 0 fully saturated rings. The van der Waals surface area contributed by atoms with Crippen LogP contribution in [0.5, 0.6) is 0 Å². The highest BCUT2D eigenvalue weighted by atomic mass is 16.4. The molecular weight excluding hydrogens is 254 g/mol. The van der Waals surface area contributed by atoms with Crippen LogP contribution >= 0.6 is 0 Å². The molecule has 0 bridgehead atoms. The van der Waals surface area contributed by atoms with E-state index in [1.165, 1.54) is 0 Å². The molecule has 0 spiro atoms. The number of amides is 1. The van der Waals surface area contributed by atoms with E-state index in [4.69, 9.17) is 5.11 Å². The highest BCUT2D eigenvalue weighted by Gasteiger charge is 2.18. The van der Waals surface area contributed by atoms with Crippen molar-refractivity contribution in [1.82, 2.24) is 0 Å². The molecule has 20 heavy (non-hydrogen) atoms. The van der Waals surface area contributed by atoms with Gasteiger partial charge in [0, 0.05) is 18.7 Å². The van der Waals surface area contributed by atoms with Gasteiger partial charge in [-0.2, -0.15) is 0 Å². The number of nitrogens with zero attached hydrogens (tertiary/aromatic N) is 1. The number of carbonyl (C=O) groups excluding carboxylic acids is 1. The lowest BCUT2D eigenvalue weighted by atomic mass is 10.1. The van der Waals surface area contributed by atoms with Crippen LogP contribution in [-0.2, 0) is 9.59 Å². The molecule has 0 atom stereocenters. The maximum absolute atomic E-state index is 12.3. The summed E-state index contributed by atoms with van der Waals surface area (Å²) in [4.78, 5) is 24.6. The molecule has 0 saturated heterocycles. The Hall–Kier alpha value is -1.84. The number of carbonyl (C=O) groups is 2. The van der Waals surface area contributed by atoms with E-state index in [0.29, 0.717) is 6.42 Å². The van der Waals surface area contributed by atoms with Crippen molar-refractivity contribution in [3.63, 3.8) is 0 Å². The summed E-state index contributed by atoms with van der Waals surface area (Å²) in [5.74, 6) is -0.665. The van der Waals surface area contributed by atoms with Gasteiger partial charge in [-0.25, -0.2) is 0 Å². The molecule has 0 saturated carbocycles. The van der Waals surface area contributed by atoms with E-state index >= 15 is 0 Å². The van der Waals surface area contributed by atoms with Gasteiger partial charge in [-0.05, 0) is 43.0 Å². The highest BCUT2D eigenvalue weighted by Crippen LogP contribution is 2.21. The summed E-state index contributed by atoms with van der Waals surface area (Å²) in [6.07, 6.45) is 0.378. The zero-order chi connectivity index (χ0) is 15.3. The SMILES string of the molecule is Cc1ccc(N(CCC(=O)O)C(=O)CC(C)C)cc1C. The van der Waals surface area contributed by atoms with Crippen LogP contribution in [0.15, 0.2) is 18.2 Å². The van der Waals surface area contributed by atoms with Gasteiger partial charge in [0.25, 0.3) is 0 Å². The predicted octanol–water partition coefficient (Wildman–Crippen LogP) is 3.16. The molecule has 0 radical (unpaired) electrons. The quantitative estimate of drug-likeness (QED) is 0.869. The van der Waals surface area contributed by atoms with Crippen LogP contribution in [0, 0.1) is 19.8 Å². The molecule has 1 rings (SSSR count). The zero-order valence-corrected chi connectivity index (χ0v) is 12.6. The van der Waals surface area contributed by atoms with Gasteiger partial charge >= 0.3 is 5.97 Å². The van der Waals surface area contributed by atoms with Gasteiger partial charge in [0.2, 0.25) is 5.91 Å². The second-order valence-corrected chi connectivity index (χ2v) is 5.56. The smallest absolute Gasteiger partial charge is 0.305 e. The Labute approximate surface area is 120 Å². The van der Waals surface area contributed by atoms with Crippen molar-refractivity contribution in [2.24, 2.45) is 5.92 Å². The molecule has 1 amide bonds. The Kier molecular flexibility index (Phi) is 5.74.